The Morgan fingerprint density at radius 2 is 2.27 bits per heavy atom. The maximum Gasteiger partial charge on any atom is 0.228 e. The Morgan fingerprint density at radius 3 is 2.80 bits per heavy atom. The Bertz CT molecular complexity index is 412. The molecule has 0 bridgehead atoms. The number of hydrogen-bond donors (Lipinski definition) is 1. The minimum atomic E-state index is 0.118. The van der Waals surface area contributed by atoms with Gasteiger partial charge in [0.2, 0.25) is 5.91 Å². The molecule has 1 amide bonds. The topological polar surface area (TPSA) is 20.3 Å². The van der Waals surface area contributed by atoms with Crippen molar-refractivity contribution in [1.82, 2.24) is 0 Å². The SMILES string of the molecule is O=C1CC(S)CN1c1ccc(I)c(Cl)c1. The summed E-state index contributed by atoms with van der Waals surface area (Å²) in [5.74, 6) is 0.118. The molecule has 80 valence electrons. The van der Waals surface area contributed by atoms with E-state index >= 15 is 0 Å². The van der Waals surface area contributed by atoms with E-state index in [1.165, 1.54) is 0 Å². The third kappa shape index (κ3) is 2.42. The summed E-state index contributed by atoms with van der Waals surface area (Å²) in [5, 5.41) is 0.819. The normalized spacial score (nSPS) is 21.1. The molecular weight excluding hydrogens is 345 g/mol. The van der Waals surface area contributed by atoms with Crippen molar-refractivity contribution in [3.63, 3.8) is 0 Å². The molecule has 2 nitrogen and oxygen atoms in total. The van der Waals surface area contributed by atoms with E-state index in [9.17, 15) is 4.79 Å². The van der Waals surface area contributed by atoms with Crippen LogP contribution in [0.3, 0.4) is 0 Å². The molecule has 15 heavy (non-hydrogen) atoms. The molecule has 1 heterocycles. The lowest BCUT2D eigenvalue weighted by Gasteiger charge is -2.16. The maximum atomic E-state index is 11.6. The summed E-state index contributed by atoms with van der Waals surface area (Å²) in [4.78, 5) is 13.3. The van der Waals surface area contributed by atoms with Crippen molar-refractivity contribution >= 4 is 58.4 Å². The molecule has 1 saturated heterocycles. The van der Waals surface area contributed by atoms with Gasteiger partial charge in [-0.05, 0) is 40.8 Å². The Morgan fingerprint density at radius 1 is 1.53 bits per heavy atom. The van der Waals surface area contributed by atoms with Crippen LogP contribution >= 0.6 is 46.8 Å². The van der Waals surface area contributed by atoms with Gasteiger partial charge >= 0.3 is 0 Å². The minimum Gasteiger partial charge on any atom is -0.311 e. The summed E-state index contributed by atoms with van der Waals surface area (Å²) in [6.45, 7) is 0.666. The summed E-state index contributed by atoms with van der Waals surface area (Å²) in [6.07, 6.45) is 0.507. The van der Waals surface area contributed by atoms with Crippen LogP contribution in [0.5, 0.6) is 0 Å². The molecule has 0 saturated carbocycles. The number of nitrogens with zero attached hydrogens (tertiary/aromatic N) is 1. The molecule has 0 aromatic heterocycles. The number of anilines is 1. The predicted octanol–water partition coefficient (Wildman–Crippen LogP) is 2.98. The van der Waals surface area contributed by atoms with E-state index in [1.807, 2.05) is 18.2 Å². The van der Waals surface area contributed by atoms with E-state index in [4.69, 9.17) is 11.6 Å². The van der Waals surface area contributed by atoms with E-state index in [2.05, 4.69) is 35.2 Å². The second-order valence-corrected chi connectivity index (χ2v) is 5.76. The first-order valence-electron chi connectivity index (χ1n) is 4.51. The third-order valence-electron chi connectivity index (χ3n) is 2.32. The number of hydrogen-bond acceptors (Lipinski definition) is 2. The van der Waals surface area contributed by atoms with Crippen molar-refractivity contribution in [1.29, 1.82) is 0 Å². The van der Waals surface area contributed by atoms with Crippen LogP contribution in [0.2, 0.25) is 5.02 Å². The van der Waals surface area contributed by atoms with Crippen molar-refractivity contribution in [3.05, 3.63) is 26.8 Å². The molecule has 1 aromatic carbocycles. The Labute approximate surface area is 113 Å². The van der Waals surface area contributed by atoms with Crippen molar-refractivity contribution < 1.29 is 4.79 Å². The quantitative estimate of drug-likeness (QED) is 0.608. The van der Waals surface area contributed by atoms with Gasteiger partial charge in [-0.15, -0.1) is 0 Å². The van der Waals surface area contributed by atoms with Crippen LogP contribution in [0.1, 0.15) is 6.42 Å². The van der Waals surface area contributed by atoms with Gasteiger partial charge in [-0.3, -0.25) is 4.79 Å². The number of halogens is 2. The Balaban J connectivity index is 2.30. The van der Waals surface area contributed by atoms with Gasteiger partial charge in [0.15, 0.2) is 0 Å². The van der Waals surface area contributed by atoms with Gasteiger partial charge < -0.3 is 4.90 Å². The van der Waals surface area contributed by atoms with Crippen LogP contribution in [-0.4, -0.2) is 17.7 Å². The van der Waals surface area contributed by atoms with Crippen molar-refractivity contribution in [2.45, 2.75) is 11.7 Å². The smallest absolute Gasteiger partial charge is 0.228 e. The van der Waals surface area contributed by atoms with Crippen molar-refractivity contribution in [3.8, 4) is 0 Å². The summed E-state index contributed by atoms with van der Waals surface area (Å²) >= 11 is 12.5. The number of thiol groups is 1. The molecule has 0 radical (unpaired) electrons. The molecule has 1 aliphatic rings. The lowest BCUT2D eigenvalue weighted by atomic mass is 10.3. The molecule has 5 heteroatoms. The molecule has 0 aliphatic carbocycles. The number of carbonyl (C=O) groups is 1. The highest BCUT2D eigenvalue weighted by atomic mass is 127. The second kappa shape index (κ2) is 4.51. The average Bonchev–Trinajstić information content (AvgIpc) is 2.50. The van der Waals surface area contributed by atoms with Crippen LogP contribution in [-0.2, 0) is 4.79 Å². The number of benzene rings is 1. The van der Waals surface area contributed by atoms with Gasteiger partial charge in [0.1, 0.15) is 0 Å². The fourth-order valence-corrected chi connectivity index (χ4v) is 2.42. The number of amides is 1. The highest BCUT2D eigenvalue weighted by Crippen LogP contribution is 2.28. The molecule has 2 rings (SSSR count). The third-order valence-corrected chi connectivity index (χ3v) is 4.24. The van der Waals surface area contributed by atoms with Crippen LogP contribution in [0, 0.1) is 3.57 Å². The molecule has 0 spiro atoms. The van der Waals surface area contributed by atoms with Crippen LogP contribution in [0.4, 0.5) is 5.69 Å². The molecule has 0 N–H and O–H groups in total. The Kier molecular flexibility index (Phi) is 3.47. The largest absolute Gasteiger partial charge is 0.311 e. The minimum absolute atomic E-state index is 0.118. The molecule has 1 fully saturated rings. The summed E-state index contributed by atoms with van der Waals surface area (Å²) in [5.41, 5.74) is 0.863. The first-order valence-corrected chi connectivity index (χ1v) is 6.48. The standard InChI is InChI=1S/C10H9ClINOS/c11-8-3-6(1-2-9(8)12)13-5-7(15)4-10(13)14/h1-3,7,15H,4-5H2. The van der Waals surface area contributed by atoms with Gasteiger partial charge in [-0.25, -0.2) is 0 Å². The van der Waals surface area contributed by atoms with Gasteiger partial charge in [0, 0.05) is 27.5 Å². The van der Waals surface area contributed by atoms with E-state index in [0.717, 1.165) is 9.26 Å². The van der Waals surface area contributed by atoms with Crippen molar-refractivity contribution in [2.75, 3.05) is 11.4 Å². The lowest BCUT2D eigenvalue weighted by molar-refractivity contribution is -0.117. The van der Waals surface area contributed by atoms with Crippen molar-refractivity contribution in [2.24, 2.45) is 0 Å². The van der Waals surface area contributed by atoms with Crippen LogP contribution < -0.4 is 4.90 Å². The molecule has 1 aromatic rings. The monoisotopic (exact) mass is 353 g/mol. The van der Waals surface area contributed by atoms with Crippen LogP contribution in [0.25, 0.3) is 0 Å². The van der Waals surface area contributed by atoms with Gasteiger partial charge in [0.05, 0.1) is 5.02 Å². The predicted molar refractivity (Wildman–Crippen MR) is 73.9 cm³/mol. The van der Waals surface area contributed by atoms with Gasteiger partial charge in [-0.2, -0.15) is 12.6 Å². The highest BCUT2D eigenvalue weighted by molar-refractivity contribution is 14.1. The van der Waals surface area contributed by atoms with E-state index in [-0.39, 0.29) is 11.2 Å². The summed E-state index contributed by atoms with van der Waals surface area (Å²) in [6, 6.07) is 5.65. The zero-order valence-corrected chi connectivity index (χ0v) is 11.6. The summed E-state index contributed by atoms with van der Waals surface area (Å²) < 4.78 is 0.993. The first kappa shape index (κ1) is 11.5. The Hall–Kier alpha value is 0.0600. The molecule has 1 unspecified atom stereocenters. The lowest BCUT2D eigenvalue weighted by Crippen LogP contribution is -2.24. The zero-order chi connectivity index (χ0) is 11.0. The average molecular weight is 354 g/mol. The molecular formula is C10H9ClINOS. The van der Waals surface area contributed by atoms with E-state index < -0.39 is 0 Å². The van der Waals surface area contributed by atoms with E-state index in [1.54, 1.807) is 4.90 Å². The maximum absolute atomic E-state index is 11.6. The molecule has 1 aliphatic heterocycles. The first-order chi connectivity index (χ1) is 7.08. The fourth-order valence-electron chi connectivity index (χ4n) is 1.59. The van der Waals surface area contributed by atoms with Crippen LogP contribution in [0.15, 0.2) is 18.2 Å². The van der Waals surface area contributed by atoms with Gasteiger partial charge in [0.25, 0.3) is 0 Å². The number of carbonyl (C=O) groups excluding carboxylic acids is 1. The highest BCUT2D eigenvalue weighted by Gasteiger charge is 2.28. The second-order valence-electron chi connectivity index (χ2n) is 3.46. The molecule has 1 atom stereocenters. The number of rotatable bonds is 1. The fraction of sp³-hybridized carbons (Fsp3) is 0.300. The summed E-state index contributed by atoms with van der Waals surface area (Å²) in [7, 11) is 0. The van der Waals surface area contributed by atoms with E-state index in [0.29, 0.717) is 18.0 Å². The zero-order valence-electron chi connectivity index (χ0n) is 7.78. The van der Waals surface area contributed by atoms with Gasteiger partial charge in [-0.1, -0.05) is 11.6 Å².